The van der Waals surface area contributed by atoms with E-state index in [2.05, 4.69) is 26.1 Å². The maximum absolute atomic E-state index is 11.3. The summed E-state index contributed by atoms with van der Waals surface area (Å²) in [7, 11) is 0. The van der Waals surface area contributed by atoms with E-state index < -0.39 is 0 Å². The first-order valence-electron chi connectivity index (χ1n) is 7.89. The van der Waals surface area contributed by atoms with Crippen molar-refractivity contribution in [1.29, 1.82) is 0 Å². The Kier molecular flexibility index (Phi) is 4.54. The Labute approximate surface area is 118 Å². The van der Waals surface area contributed by atoms with Gasteiger partial charge >= 0.3 is 0 Å². The van der Waals surface area contributed by atoms with Gasteiger partial charge in [0.1, 0.15) is 0 Å². The molecule has 2 atom stereocenters. The number of hydrogen-bond acceptors (Lipinski definition) is 2. The molecular formula is C16H30N2O. The molecule has 1 N–H and O–H groups in total. The molecule has 1 saturated heterocycles. The van der Waals surface area contributed by atoms with E-state index in [0.29, 0.717) is 17.5 Å². The van der Waals surface area contributed by atoms with Crippen LogP contribution in [0.5, 0.6) is 0 Å². The number of nitrogens with zero attached hydrogens (tertiary/aromatic N) is 1. The second kappa shape index (κ2) is 5.82. The summed E-state index contributed by atoms with van der Waals surface area (Å²) >= 11 is 0. The Morgan fingerprint density at radius 1 is 1.21 bits per heavy atom. The summed E-state index contributed by atoms with van der Waals surface area (Å²) < 4.78 is 0. The SMILES string of the molecule is CC(=O)N1CCC(NC2CCC(C)(C)CC2C)CC1. The molecule has 1 aliphatic carbocycles. The van der Waals surface area contributed by atoms with E-state index >= 15 is 0 Å². The zero-order valence-corrected chi connectivity index (χ0v) is 13.0. The number of piperidine rings is 1. The summed E-state index contributed by atoms with van der Waals surface area (Å²) in [6.45, 7) is 10.7. The molecule has 1 aliphatic heterocycles. The van der Waals surface area contributed by atoms with Crippen LogP contribution in [0.3, 0.4) is 0 Å². The maximum atomic E-state index is 11.3. The lowest BCUT2D eigenvalue weighted by Gasteiger charge is -2.42. The highest BCUT2D eigenvalue weighted by Gasteiger charge is 2.33. The van der Waals surface area contributed by atoms with E-state index in [-0.39, 0.29) is 5.91 Å². The van der Waals surface area contributed by atoms with Gasteiger partial charge in [0, 0.05) is 32.1 Å². The fourth-order valence-electron chi connectivity index (χ4n) is 3.86. The van der Waals surface area contributed by atoms with Gasteiger partial charge in [-0.05, 0) is 43.4 Å². The van der Waals surface area contributed by atoms with Gasteiger partial charge in [-0.1, -0.05) is 20.8 Å². The van der Waals surface area contributed by atoms with Crippen LogP contribution in [0.15, 0.2) is 0 Å². The minimum Gasteiger partial charge on any atom is -0.343 e. The standard InChI is InChI=1S/C16H30N2O/c1-12-11-16(3,4)8-5-15(12)17-14-6-9-18(10-7-14)13(2)19/h12,14-15,17H,5-11H2,1-4H3. The number of rotatable bonds is 2. The van der Waals surface area contributed by atoms with Crippen LogP contribution in [-0.2, 0) is 4.79 Å². The molecule has 2 aliphatic rings. The topological polar surface area (TPSA) is 32.3 Å². The zero-order chi connectivity index (χ0) is 14.0. The van der Waals surface area contributed by atoms with Crippen molar-refractivity contribution >= 4 is 5.91 Å². The third-order valence-corrected chi connectivity index (χ3v) is 5.08. The lowest BCUT2D eigenvalue weighted by atomic mass is 9.70. The fraction of sp³-hybridized carbons (Fsp3) is 0.938. The molecule has 0 aromatic carbocycles. The predicted octanol–water partition coefficient (Wildman–Crippen LogP) is 2.80. The fourth-order valence-corrected chi connectivity index (χ4v) is 3.86. The third-order valence-electron chi connectivity index (χ3n) is 5.08. The summed E-state index contributed by atoms with van der Waals surface area (Å²) in [6, 6.07) is 1.30. The van der Waals surface area contributed by atoms with Crippen molar-refractivity contribution in [2.24, 2.45) is 11.3 Å². The maximum Gasteiger partial charge on any atom is 0.219 e. The zero-order valence-electron chi connectivity index (χ0n) is 13.0. The molecule has 2 unspecified atom stereocenters. The van der Waals surface area contributed by atoms with Crippen LogP contribution in [0.2, 0.25) is 0 Å². The van der Waals surface area contributed by atoms with Crippen molar-refractivity contribution in [2.75, 3.05) is 13.1 Å². The van der Waals surface area contributed by atoms with Crippen LogP contribution >= 0.6 is 0 Å². The minimum absolute atomic E-state index is 0.228. The lowest BCUT2D eigenvalue weighted by Crippen LogP contribution is -2.50. The predicted molar refractivity (Wildman–Crippen MR) is 79.0 cm³/mol. The van der Waals surface area contributed by atoms with Gasteiger partial charge < -0.3 is 10.2 Å². The van der Waals surface area contributed by atoms with Gasteiger partial charge in [-0.2, -0.15) is 0 Å². The van der Waals surface area contributed by atoms with E-state index in [0.717, 1.165) is 31.8 Å². The van der Waals surface area contributed by atoms with Crippen molar-refractivity contribution < 1.29 is 4.79 Å². The van der Waals surface area contributed by atoms with Crippen LogP contribution in [0.25, 0.3) is 0 Å². The molecule has 1 saturated carbocycles. The van der Waals surface area contributed by atoms with Crippen molar-refractivity contribution in [2.45, 2.75) is 71.9 Å². The van der Waals surface area contributed by atoms with Crippen LogP contribution in [-0.4, -0.2) is 36.0 Å². The first kappa shape index (κ1) is 14.8. The Balaban J connectivity index is 1.78. The van der Waals surface area contributed by atoms with Crippen LogP contribution in [0.4, 0.5) is 0 Å². The van der Waals surface area contributed by atoms with Crippen molar-refractivity contribution in [1.82, 2.24) is 10.2 Å². The number of likely N-dealkylation sites (tertiary alicyclic amines) is 1. The smallest absolute Gasteiger partial charge is 0.219 e. The number of carbonyl (C=O) groups is 1. The van der Waals surface area contributed by atoms with Crippen molar-refractivity contribution in [3.63, 3.8) is 0 Å². The second-order valence-electron chi connectivity index (χ2n) is 7.44. The molecule has 0 bridgehead atoms. The molecule has 110 valence electrons. The molecule has 0 spiro atoms. The molecule has 3 nitrogen and oxygen atoms in total. The molecule has 1 heterocycles. The van der Waals surface area contributed by atoms with Crippen molar-refractivity contribution in [3.05, 3.63) is 0 Å². The Morgan fingerprint density at radius 3 is 2.37 bits per heavy atom. The Hall–Kier alpha value is -0.570. The largest absolute Gasteiger partial charge is 0.343 e. The lowest BCUT2D eigenvalue weighted by molar-refractivity contribution is -0.129. The van der Waals surface area contributed by atoms with E-state index in [1.807, 2.05) is 4.90 Å². The van der Waals surface area contributed by atoms with E-state index in [4.69, 9.17) is 0 Å². The number of hydrogen-bond donors (Lipinski definition) is 1. The molecule has 0 aromatic rings. The van der Waals surface area contributed by atoms with Gasteiger partial charge in [0.05, 0.1) is 0 Å². The highest BCUT2D eigenvalue weighted by Crippen LogP contribution is 2.38. The number of amides is 1. The monoisotopic (exact) mass is 266 g/mol. The minimum atomic E-state index is 0.228. The molecule has 1 amide bonds. The Morgan fingerprint density at radius 2 is 1.84 bits per heavy atom. The van der Waals surface area contributed by atoms with Gasteiger partial charge in [0.15, 0.2) is 0 Å². The van der Waals surface area contributed by atoms with Gasteiger partial charge in [-0.25, -0.2) is 0 Å². The molecule has 3 heteroatoms. The van der Waals surface area contributed by atoms with E-state index in [1.54, 1.807) is 6.92 Å². The molecule has 0 radical (unpaired) electrons. The second-order valence-corrected chi connectivity index (χ2v) is 7.44. The molecule has 0 aromatic heterocycles. The summed E-state index contributed by atoms with van der Waals surface area (Å²) in [4.78, 5) is 13.3. The van der Waals surface area contributed by atoms with Gasteiger partial charge in [-0.15, -0.1) is 0 Å². The average molecular weight is 266 g/mol. The molecule has 19 heavy (non-hydrogen) atoms. The summed E-state index contributed by atoms with van der Waals surface area (Å²) in [6.07, 6.45) is 6.21. The normalized spacial score (nSPS) is 32.3. The van der Waals surface area contributed by atoms with E-state index in [1.165, 1.54) is 19.3 Å². The van der Waals surface area contributed by atoms with Gasteiger partial charge in [0.25, 0.3) is 0 Å². The summed E-state index contributed by atoms with van der Waals surface area (Å²) in [5.74, 6) is 1.00. The molecular weight excluding hydrogens is 236 g/mol. The molecule has 2 rings (SSSR count). The highest BCUT2D eigenvalue weighted by molar-refractivity contribution is 5.73. The third kappa shape index (κ3) is 3.95. The average Bonchev–Trinajstić information content (AvgIpc) is 2.33. The van der Waals surface area contributed by atoms with E-state index in [9.17, 15) is 4.79 Å². The Bertz CT molecular complexity index is 319. The van der Waals surface area contributed by atoms with Gasteiger partial charge in [0.2, 0.25) is 5.91 Å². The number of carbonyl (C=O) groups excluding carboxylic acids is 1. The number of nitrogens with one attached hydrogen (secondary N) is 1. The van der Waals surface area contributed by atoms with Gasteiger partial charge in [-0.3, -0.25) is 4.79 Å². The van der Waals surface area contributed by atoms with Crippen LogP contribution < -0.4 is 5.32 Å². The van der Waals surface area contributed by atoms with Crippen LogP contribution in [0, 0.1) is 11.3 Å². The van der Waals surface area contributed by atoms with Crippen LogP contribution in [0.1, 0.15) is 59.8 Å². The molecule has 2 fully saturated rings. The summed E-state index contributed by atoms with van der Waals surface area (Å²) in [5.41, 5.74) is 0.523. The quantitative estimate of drug-likeness (QED) is 0.833. The van der Waals surface area contributed by atoms with Crippen molar-refractivity contribution in [3.8, 4) is 0 Å². The highest BCUT2D eigenvalue weighted by atomic mass is 16.2. The summed E-state index contributed by atoms with van der Waals surface area (Å²) in [5, 5.41) is 3.87. The first-order valence-corrected chi connectivity index (χ1v) is 7.89. The first-order chi connectivity index (χ1) is 8.87.